The van der Waals surface area contributed by atoms with Gasteiger partial charge in [0.25, 0.3) is 0 Å². The molecule has 0 spiro atoms. The molecule has 2 N–H and O–H groups in total. The van der Waals surface area contributed by atoms with Gasteiger partial charge in [-0.15, -0.1) is 0 Å². The molecule has 0 radical (unpaired) electrons. The monoisotopic (exact) mass is 313 g/mol. The molecule has 0 saturated heterocycles. The predicted molar refractivity (Wildman–Crippen MR) is 97.6 cm³/mol. The summed E-state index contributed by atoms with van der Waals surface area (Å²) in [5, 5.41) is 0. The van der Waals surface area contributed by atoms with E-state index in [2.05, 4.69) is 0 Å². The topological polar surface area (TPSA) is 60.2 Å². The first-order valence-electron chi connectivity index (χ1n) is 7.75. The van der Waals surface area contributed by atoms with E-state index in [4.69, 9.17) is 5.73 Å². The molecule has 0 amide bonds. The number of hydrogen-bond acceptors (Lipinski definition) is 3. The molecule has 124 valence electrons. The normalized spacial score (nSPS) is 9.61. The summed E-state index contributed by atoms with van der Waals surface area (Å²) in [6.07, 6.45) is 0.938. The Kier molecular flexibility index (Phi) is 9.24. The van der Waals surface area contributed by atoms with Crippen molar-refractivity contribution in [2.75, 3.05) is 5.73 Å². The van der Waals surface area contributed by atoms with Gasteiger partial charge in [0.15, 0.2) is 5.78 Å². The molecule has 0 aromatic heterocycles. The summed E-state index contributed by atoms with van der Waals surface area (Å²) in [6.45, 7) is 9.62. The molecule has 3 nitrogen and oxygen atoms in total. The molecule has 0 unspecified atom stereocenters. The summed E-state index contributed by atoms with van der Waals surface area (Å²) in [7, 11) is 0. The van der Waals surface area contributed by atoms with Crippen molar-refractivity contribution in [1.82, 2.24) is 0 Å². The lowest BCUT2D eigenvalue weighted by Gasteiger charge is -2.03. The number of ketones is 1. The number of hydrogen-bond donors (Lipinski definition) is 1. The molecular formula is C20H27NO2. The minimum absolute atomic E-state index is 0.0237. The molecule has 23 heavy (non-hydrogen) atoms. The molecule has 2 rings (SSSR count). The van der Waals surface area contributed by atoms with Gasteiger partial charge in [0.2, 0.25) is 0 Å². The highest BCUT2D eigenvalue weighted by Crippen LogP contribution is 2.11. The second kappa shape index (κ2) is 10.3. The third-order valence-corrected chi connectivity index (χ3v) is 2.56. The summed E-state index contributed by atoms with van der Waals surface area (Å²) < 4.78 is 0. The zero-order valence-electron chi connectivity index (χ0n) is 14.7. The van der Waals surface area contributed by atoms with Crippen LogP contribution in [0.4, 0.5) is 5.69 Å². The van der Waals surface area contributed by atoms with Gasteiger partial charge < -0.3 is 10.5 Å². The fourth-order valence-corrected chi connectivity index (χ4v) is 1.39. The number of nitrogen functional groups attached to an aromatic ring is 1. The zero-order chi connectivity index (χ0) is 17.9. The fraction of sp³-hybridized carbons (Fsp3) is 0.300. The van der Waals surface area contributed by atoms with Gasteiger partial charge in [0, 0.05) is 22.2 Å². The van der Waals surface area contributed by atoms with Crippen LogP contribution < -0.4 is 5.73 Å². The maximum atomic E-state index is 11.9. The molecule has 0 fully saturated rings. The van der Waals surface area contributed by atoms with Gasteiger partial charge in [-0.1, -0.05) is 65.0 Å². The van der Waals surface area contributed by atoms with Gasteiger partial charge in [-0.3, -0.25) is 4.79 Å². The third kappa shape index (κ3) is 8.57. The molecule has 0 saturated carbocycles. The Morgan fingerprint density at radius 1 is 0.870 bits per heavy atom. The largest absolute Gasteiger partial charge is 0.399 e. The Balaban J connectivity index is 0.000000515. The van der Waals surface area contributed by atoms with Crippen LogP contribution in [-0.4, -0.2) is 12.1 Å². The van der Waals surface area contributed by atoms with Gasteiger partial charge in [0.05, 0.1) is 0 Å². The Morgan fingerprint density at radius 3 is 1.65 bits per heavy atom. The Labute approximate surface area is 139 Å². The van der Waals surface area contributed by atoms with Crippen LogP contribution >= 0.6 is 0 Å². The van der Waals surface area contributed by atoms with Crippen LogP contribution in [0.3, 0.4) is 0 Å². The lowest BCUT2D eigenvalue weighted by Crippen LogP contribution is -2.04. The van der Waals surface area contributed by atoms with Gasteiger partial charge in [0.1, 0.15) is 6.29 Å². The molecule has 2 aromatic carbocycles. The van der Waals surface area contributed by atoms with Crippen LogP contribution in [0.25, 0.3) is 0 Å². The van der Waals surface area contributed by atoms with Crippen LogP contribution in [0.1, 0.15) is 50.5 Å². The number of anilines is 1. The van der Waals surface area contributed by atoms with Crippen LogP contribution in [0, 0.1) is 5.41 Å². The molecular weight excluding hydrogens is 286 g/mol. The van der Waals surface area contributed by atoms with Crippen LogP contribution in [0.15, 0.2) is 54.6 Å². The summed E-state index contributed by atoms with van der Waals surface area (Å²) in [6, 6.07) is 16.1. The molecule has 0 aliphatic heterocycles. The highest BCUT2D eigenvalue weighted by Gasteiger charge is 2.07. The minimum Gasteiger partial charge on any atom is -0.399 e. The molecule has 0 heterocycles. The van der Waals surface area contributed by atoms with E-state index in [0.29, 0.717) is 16.8 Å². The van der Waals surface area contributed by atoms with Gasteiger partial charge in [-0.05, 0) is 24.3 Å². The van der Waals surface area contributed by atoms with Crippen molar-refractivity contribution in [3.05, 3.63) is 65.7 Å². The highest BCUT2D eigenvalue weighted by molar-refractivity contribution is 6.09. The van der Waals surface area contributed by atoms with Crippen molar-refractivity contribution in [3.63, 3.8) is 0 Å². The van der Waals surface area contributed by atoms with E-state index in [1.165, 1.54) is 0 Å². The van der Waals surface area contributed by atoms with E-state index in [-0.39, 0.29) is 11.2 Å². The van der Waals surface area contributed by atoms with Crippen molar-refractivity contribution in [2.45, 2.75) is 34.6 Å². The van der Waals surface area contributed by atoms with E-state index in [1.807, 2.05) is 52.8 Å². The molecule has 2 aromatic rings. The highest BCUT2D eigenvalue weighted by atomic mass is 16.1. The van der Waals surface area contributed by atoms with Crippen LogP contribution in [-0.2, 0) is 4.79 Å². The molecule has 3 heteroatoms. The lowest BCUT2D eigenvalue weighted by molar-refractivity contribution is -0.113. The van der Waals surface area contributed by atoms with Crippen molar-refractivity contribution in [3.8, 4) is 0 Å². The smallest absolute Gasteiger partial charge is 0.193 e. The number of benzene rings is 2. The van der Waals surface area contributed by atoms with E-state index >= 15 is 0 Å². The van der Waals surface area contributed by atoms with Crippen molar-refractivity contribution < 1.29 is 9.59 Å². The van der Waals surface area contributed by atoms with Crippen LogP contribution in [0.2, 0.25) is 0 Å². The van der Waals surface area contributed by atoms with E-state index < -0.39 is 0 Å². The van der Waals surface area contributed by atoms with Gasteiger partial charge >= 0.3 is 0 Å². The predicted octanol–water partition coefficient (Wildman–Crippen LogP) is 4.76. The van der Waals surface area contributed by atoms with Crippen molar-refractivity contribution in [1.29, 1.82) is 0 Å². The Morgan fingerprint density at radius 2 is 1.26 bits per heavy atom. The molecule has 0 bridgehead atoms. The number of rotatable bonds is 2. The van der Waals surface area contributed by atoms with Crippen LogP contribution in [0.5, 0.6) is 0 Å². The van der Waals surface area contributed by atoms with Gasteiger partial charge in [-0.25, -0.2) is 0 Å². The minimum atomic E-state index is -0.139. The van der Waals surface area contributed by atoms with E-state index in [1.54, 1.807) is 36.4 Å². The van der Waals surface area contributed by atoms with E-state index in [0.717, 1.165) is 6.29 Å². The fourth-order valence-electron chi connectivity index (χ4n) is 1.39. The molecule has 0 aliphatic carbocycles. The summed E-state index contributed by atoms with van der Waals surface area (Å²) in [5.74, 6) is 0.0237. The lowest BCUT2D eigenvalue weighted by atomic mass is 10.0. The van der Waals surface area contributed by atoms with Gasteiger partial charge in [-0.2, -0.15) is 0 Å². The number of carbonyl (C=O) groups is 2. The first-order chi connectivity index (χ1) is 10.8. The third-order valence-electron chi connectivity index (χ3n) is 2.56. The summed E-state index contributed by atoms with van der Waals surface area (Å²) in [5.41, 5.74) is 7.44. The summed E-state index contributed by atoms with van der Waals surface area (Å²) >= 11 is 0. The van der Waals surface area contributed by atoms with E-state index in [9.17, 15) is 9.59 Å². The zero-order valence-corrected chi connectivity index (χ0v) is 14.7. The van der Waals surface area contributed by atoms with Crippen molar-refractivity contribution in [2.24, 2.45) is 5.41 Å². The van der Waals surface area contributed by atoms with Crippen molar-refractivity contribution >= 4 is 17.8 Å². The second-order valence-corrected chi connectivity index (χ2v) is 5.80. The standard InChI is InChI=1S/C13H11NO.C5H10O.C2H6/c14-12-8-6-11(7-9-12)13(15)10-4-2-1-3-5-10;1-5(2,3)4-6;1-2/h1-9H,14H2;4H,1-3H3;1-2H3. The molecule has 0 aliphatic rings. The average Bonchev–Trinajstić information content (AvgIpc) is 2.57. The quantitative estimate of drug-likeness (QED) is 0.494. The second-order valence-electron chi connectivity index (χ2n) is 5.80. The summed E-state index contributed by atoms with van der Waals surface area (Å²) in [4.78, 5) is 21.7. The number of aldehydes is 1. The maximum Gasteiger partial charge on any atom is 0.193 e. The Bertz CT molecular complexity index is 581. The average molecular weight is 313 g/mol. The Hall–Kier alpha value is -2.42. The maximum absolute atomic E-state index is 11.9. The molecule has 0 atom stereocenters. The first kappa shape index (κ1) is 20.6. The number of nitrogens with two attached hydrogens (primary N) is 1. The number of carbonyl (C=O) groups excluding carboxylic acids is 2. The first-order valence-corrected chi connectivity index (χ1v) is 7.75. The SMILES string of the molecule is CC.CC(C)(C)C=O.Nc1ccc(C(=O)c2ccccc2)cc1.